The third-order valence-electron chi connectivity index (χ3n) is 4.34. The number of rotatable bonds is 4. The van der Waals surface area contributed by atoms with Gasteiger partial charge < -0.3 is 5.32 Å². The van der Waals surface area contributed by atoms with Crippen LogP contribution in [0.1, 0.15) is 68.3 Å². The molecule has 0 spiro atoms. The Morgan fingerprint density at radius 2 is 2.00 bits per heavy atom. The van der Waals surface area contributed by atoms with Gasteiger partial charge in [-0.15, -0.1) is 11.3 Å². The number of hydrogen-bond donors (Lipinski definition) is 1. The smallest absolute Gasteiger partial charge is 0.261 e. The maximum Gasteiger partial charge on any atom is 0.261 e. The summed E-state index contributed by atoms with van der Waals surface area (Å²) in [7, 11) is 0. The molecule has 2 aromatic rings. The highest BCUT2D eigenvalue weighted by Gasteiger charge is 2.23. The van der Waals surface area contributed by atoms with Gasteiger partial charge in [0.15, 0.2) is 5.78 Å². The second kappa shape index (κ2) is 6.67. The fraction of sp³-hybridized carbons (Fsp3) is 0.368. The summed E-state index contributed by atoms with van der Waals surface area (Å²) >= 11 is 1.28. The van der Waals surface area contributed by atoms with Gasteiger partial charge in [-0.1, -0.05) is 30.7 Å². The largest absolute Gasteiger partial charge is 0.345 e. The summed E-state index contributed by atoms with van der Waals surface area (Å²) in [5.74, 6) is 0.0103. The normalized spacial score (nSPS) is 16.7. The number of Topliss-reactive ketones (excluding diaryl/α,β-unsaturated/α-hetero) is 1. The number of nitrogens with one attached hydrogen (secondary N) is 1. The molecule has 1 aromatic carbocycles. The van der Waals surface area contributed by atoms with Crippen LogP contribution >= 0.6 is 11.3 Å². The molecule has 3 rings (SSSR count). The molecule has 120 valence electrons. The summed E-state index contributed by atoms with van der Waals surface area (Å²) < 4.78 is 0. The summed E-state index contributed by atoms with van der Waals surface area (Å²) in [4.78, 5) is 25.5. The summed E-state index contributed by atoms with van der Waals surface area (Å²) in [5.41, 5.74) is 3.84. The Labute approximate surface area is 140 Å². The first-order valence-electron chi connectivity index (χ1n) is 8.12. The second-order valence-corrected chi connectivity index (χ2v) is 7.14. The number of ketones is 1. The van der Waals surface area contributed by atoms with Crippen molar-refractivity contribution < 1.29 is 9.59 Å². The van der Waals surface area contributed by atoms with E-state index in [2.05, 4.69) is 30.4 Å². The summed E-state index contributed by atoms with van der Waals surface area (Å²) in [6, 6.07) is 10.0. The Balaban J connectivity index is 1.76. The van der Waals surface area contributed by atoms with Crippen LogP contribution in [0.2, 0.25) is 0 Å². The number of amides is 1. The summed E-state index contributed by atoms with van der Waals surface area (Å²) in [6.45, 7) is 3.93. The molecule has 1 unspecified atom stereocenters. The lowest BCUT2D eigenvalue weighted by molar-refractivity contribution is 0.0936. The van der Waals surface area contributed by atoms with Crippen LogP contribution < -0.4 is 5.32 Å². The molecule has 0 radical (unpaired) electrons. The topological polar surface area (TPSA) is 46.2 Å². The van der Waals surface area contributed by atoms with Gasteiger partial charge >= 0.3 is 0 Å². The zero-order chi connectivity index (χ0) is 16.4. The van der Waals surface area contributed by atoms with Crippen LogP contribution in [-0.2, 0) is 6.42 Å². The first-order chi connectivity index (χ1) is 11.1. The minimum atomic E-state index is -0.0800. The van der Waals surface area contributed by atoms with E-state index in [0.29, 0.717) is 16.2 Å². The van der Waals surface area contributed by atoms with Crippen molar-refractivity contribution in [2.24, 2.45) is 0 Å². The Morgan fingerprint density at radius 3 is 2.78 bits per heavy atom. The number of carbonyl (C=O) groups excluding carboxylic acids is 2. The van der Waals surface area contributed by atoms with Crippen LogP contribution in [-0.4, -0.2) is 11.7 Å². The zero-order valence-electron chi connectivity index (χ0n) is 13.5. The highest BCUT2D eigenvalue weighted by molar-refractivity contribution is 7.16. The third-order valence-corrected chi connectivity index (χ3v) is 5.47. The molecular weight excluding hydrogens is 306 g/mol. The molecule has 1 atom stereocenters. The van der Waals surface area contributed by atoms with Crippen molar-refractivity contribution in [2.75, 3.05) is 0 Å². The standard InChI is InChI=1S/C19H21NO2S/c1-3-16(21)17-9-10-18(23-17)19(22)20-15-6-4-5-13-11-12(2)7-8-14(13)15/h7-11,15H,3-6H2,1-2H3,(H,20,22). The molecule has 4 heteroatoms. The summed E-state index contributed by atoms with van der Waals surface area (Å²) in [6.07, 6.45) is 3.60. The highest BCUT2D eigenvalue weighted by Crippen LogP contribution is 2.31. The Hall–Kier alpha value is -1.94. The van der Waals surface area contributed by atoms with Crippen LogP contribution in [0.4, 0.5) is 0 Å². The van der Waals surface area contributed by atoms with Crippen molar-refractivity contribution >= 4 is 23.0 Å². The lowest BCUT2D eigenvalue weighted by Crippen LogP contribution is -2.30. The van der Waals surface area contributed by atoms with Crippen LogP contribution in [0.15, 0.2) is 30.3 Å². The number of thiophene rings is 1. The fourth-order valence-corrected chi connectivity index (χ4v) is 4.03. The van der Waals surface area contributed by atoms with Crippen molar-refractivity contribution in [2.45, 2.75) is 45.6 Å². The van der Waals surface area contributed by atoms with E-state index < -0.39 is 0 Å². The minimum absolute atomic E-state index is 0.0688. The second-order valence-electron chi connectivity index (χ2n) is 6.06. The average molecular weight is 327 g/mol. The van der Waals surface area contributed by atoms with Crippen molar-refractivity contribution in [1.82, 2.24) is 5.32 Å². The number of aryl methyl sites for hydroxylation is 2. The number of fused-ring (bicyclic) bond motifs is 1. The lowest BCUT2D eigenvalue weighted by atomic mass is 9.86. The Morgan fingerprint density at radius 1 is 1.22 bits per heavy atom. The van der Waals surface area contributed by atoms with Crippen LogP contribution in [0, 0.1) is 6.92 Å². The molecule has 1 aromatic heterocycles. The van der Waals surface area contributed by atoms with E-state index in [1.807, 2.05) is 6.92 Å². The van der Waals surface area contributed by atoms with Crippen molar-refractivity contribution in [3.8, 4) is 0 Å². The van der Waals surface area contributed by atoms with E-state index in [4.69, 9.17) is 0 Å². The minimum Gasteiger partial charge on any atom is -0.345 e. The predicted octanol–water partition coefficient (Wildman–Crippen LogP) is 4.46. The van der Waals surface area contributed by atoms with Gasteiger partial charge in [-0.05, 0) is 49.4 Å². The molecule has 0 saturated heterocycles. The monoisotopic (exact) mass is 327 g/mol. The fourth-order valence-electron chi connectivity index (χ4n) is 3.11. The summed E-state index contributed by atoms with van der Waals surface area (Å²) in [5, 5.41) is 3.14. The van der Waals surface area contributed by atoms with Gasteiger partial charge in [0.2, 0.25) is 0 Å². The van der Waals surface area contributed by atoms with Crippen molar-refractivity contribution in [1.29, 1.82) is 0 Å². The molecule has 0 saturated carbocycles. The van der Waals surface area contributed by atoms with E-state index in [0.717, 1.165) is 19.3 Å². The molecule has 0 fully saturated rings. The van der Waals surface area contributed by atoms with Crippen LogP contribution in [0.5, 0.6) is 0 Å². The molecule has 1 N–H and O–H groups in total. The first kappa shape index (κ1) is 15.9. The maximum atomic E-state index is 12.5. The van der Waals surface area contributed by atoms with Gasteiger partial charge in [-0.3, -0.25) is 9.59 Å². The molecule has 3 nitrogen and oxygen atoms in total. The quantitative estimate of drug-likeness (QED) is 0.843. The van der Waals surface area contributed by atoms with Gasteiger partial charge in [0.25, 0.3) is 5.91 Å². The van der Waals surface area contributed by atoms with Gasteiger partial charge in [0.05, 0.1) is 15.8 Å². The number of hydrogen-bond acceptors (Lipinski definition) is 3. The molecule has 23 heavy (non-hydrogen) atoms. The van der Waals surface area contributed by atoms with Crippen molar-refractivity contribution in [3.63, 3.8) is 0 Å². The molecule has 1 heterocycles. The number of carbonyl (C=O) groups is 2. The zero-order valence-corrected chi connectivity index (χ0v) is 14.3. The van der Waals surface area contributed by atoms with E-state index in [9.17, 15) is 9.59 Å². The van der Waals surface area contributed by atoms with Crippen LogP contribution in [0.25, 0.3) is 0 Å². The lowest BCUT2D eigenvalue weighted by Gasteiger charge is -2.26. The Bertz CT molecular complexity index is 748. The van der Waals surface area contributed by atoms with Gasteiger partial charge in [-0.2, -0.15) is 0 Å². The molecule has 0 aliphatic heterocycles. The molecular formula is C19H21NO2S. The maximum absolute atomic E-state index is 12.5. The average Bonchev–Trinajstić information content (AvgIpc) is 3.04. The molecule has 1 aliphatic rings. The van der Waals surface area contributed by atoms with Gasteiger partial charge in [0.1, 0.15) is 0 Å². The van der Waals surface area contributed by atoms with Gasteiger partial charge in [-0.25, -0.2) is 0 Å². The molecule has 1 aliphatic carbocycles. The van der Waals surface area contributed by atoms with E-state index in [1.54, 1.807) is 12.1 Å². The van der Waals surface area contributed by atoms with E-state index in [-0.39, 0.29) is 17.7 Å². The molecule has 1 amide bonds. The third kappa shape index (κ3) is 3.37. The first-order valence-corrected chi connectivity index (χ1v) is 8.93. The SMILES string of the molecule is CCC(=O)c1ccc(C(=O)NC2CCCc3cc(C)ccc32)s1. The highest BCUT2D eigenvalue weighted by atomic mass is 32.1. The van der Waals surface area contributed by atoms with Crippen molar-refractivity contribution in [3.05, 3.63) is 56.8 Å². The van der Waals surface area contributed by atoms with Gasteiger partial charge in [0, 0.05) is 6.42 Å². The van der Waals surface area contributed by atoms with E-state index >= 15 is 0 Å². The van der Waals surface area contributed by atoms with Crippen LogP contribution in [0.3, 0.4) is 0 Å². The number of benzene rings is 1. The van der Waals surface area contributed by atoms with E-state index in [1.165, 1.54) is 28.0 Å². The predicted molar refractivity (Wildman–Crippen MR) is 93.3 cm³/mol. The molecule has 0 bridgehead atoms. The Kier molecular flexibility index (Phi) is 4.62.